The Morgan fingerprint density at radius 3 is 2.50 bits per heavy atom. The molecule has 0 aliphatic heterocycles. The van der Waals surface area contributed by atoms with Crippen LogP contribution in [0.2, 0.25) is 0 Å². The summed E-state index contributed by atoms with van der Waals surface area (Å²) in [6.45, 7) is 1.99. The molecule has 0 spiro atoms. The smallest absolute Gasteiger partial charge is 0.194 e. The number of thiophene rings is 1. The second-order valence-corrected chi connectivity index (χ2v) is 7.02. The summed E-state index contributed by atoms with van der Waals surface area (Å²) in [7, 11) is 2.01. The fraction of sp³-hybridized carbons (Fsp3) is 0.100. The van der Waals surface area contributed by atoms with E-state index in [2.05, 4.69) is 10.6 Å². The third-order valence-electron chi connectivity index (χ3n) is 4.21. The lowest BCUT2D eigenvalue weighted by atomic mass is 10.0. The second kappa shape index (κ2) is 5.73. The van der Waals surface area contributed by atoms with Gasteiger partial charge >= 0.3 is 0 Å². The first-order valence-electron chi connectivity index (χ1n) is 7.77. The Morgan fingerprint density at radius 2 is 1.75 bits per heavy atom. The highest BCUT2D eigenvalue weighted by Crippen LogP contribution is 2.33. The molecule has 3 nitrogen and oxygen atoms in total. The molecule has 0 N–H and O–H groups in total. The van der Waals surface area contributed by atoms with Crippen LogP contribution in [0.1, 0.15) is 20.8 Å². The number of benzene rings is 2. The van der Waals surface area contributed by atoms with Crippen molar-refractivity contribution < 1.29 is 4.79 Å². The van der Waals surface area contributed by atoms with Gasteiger partial charge in [0.15, 0.2) is 11.6 Å². The van der Waals surface area contributed by atoms with E-state index in [1.165, 1.54) is 0 Å². The Kier molecular flexibility index (Phi) is 3.54. The van der Waals surface area contributed by atoms with Crippen molar-refractivity contribution in [3.8, 4) is 10.7 Å². The lowest BCUT2D eigenvalue weighted by Gasteiger charge is -1.99. The zero-order valence-corrected chi connectivity index (χ0v) is 14.3. The van der Waals surface area contributed by atoms with Gasteiger partial charge in [-0.1, -0.05) is 42.5 Å². The molecule has 0 saturated heterocycles. The number of hydrogen-bond acceptors (Lipinski definition) is 3. The highest BCUT2D eigenvalue weighted by Gasteiger charge is 2.18. The minimum atomic E-state index is 0.0642. The predicted octanol–water partition coefficient (Wildman–Crippen LogP) is 4.84. The lowest BCUT2D eigenvalue weighted by Crippen LogP contribution is -2.00. The minimum absolute atomic E-state index is 0.0642. The molecule has 24 heavy (non-hydrogen) atoms. The van der Waals surface area contributed by atoms with Crippen LogP contribution >= 0.6 is 11.3 Å². The first-order valence-corrected chi connectivity index (χ1v) is 8.59. The first-order chi connectivity index (χ1) is 11.6. The molecular weight excluding hydrogens is 316 g/mol. The van der Waals surface area contributed by atoms with E-state index in [0.717, 1.165) is 37.7 Å². The van der Waals surface area contributed by atoms with Crippen LogP contribution in [0.15, 0.2) is 60.7 Å². The molecule has 0 saturated carbocycles. The van der Waals surface area contributed by atoms with Crippen molar-refractivity contribution in [1.29, 1.82) is 0 Å². The number of imidazole rings is 1. The van der Waals surface area contributed by atoms with Gasteiger partial charge in [0.25, 0.3) is 0 Å². The number of aromatic nitrogens is 2. The van der Waals surface area contributed by atoms with Gasteiger partial charge in [0.2, 0.25) is 0 Å². The summed E-state index contributed by atoms with van der Waals surface area (Å²) >= 11 is 1.62. The van der Waals surface area contributed by atoms with Gasteiger partial charge in [-0.15, -0.1) is 11.3 Å². The summed E-state index contributed by atoms with van der Waals surface area (Å²) in [5.41, 5.74) is 3.54. The van der Waals surface area contributed by atoms with E-state index < -0.39 is 0 Å². The second-order valence-electron chi connectivity index (χ2n) is 5.76. The fourth-order valence-electron chi connectivity index (χ4n) is 2.93. The largest absolute Gasteiger partial charge is 0.326 e. The van der Waals surface area contributed by atoms with Crippen LogP contribution in [-0.4, -0.2) is 15.3 Å². The molecule has 0 amide bonds. The zero-order chi connectivity index (χ0) is 16.7. The maximum Gasteiger partial charge on any atom is 0.194 e. The summed E-state index contributed by atoms with van der Waals surface area (Å²) < 4.78 is 2.08. The van der Waals surface area contributed by atoms with Gasteiger partial charge in [0.05, 0.1) is 15.9 Å². The summed E-state index contributed by atoms with van der Waals surface area (Å²) in [5, 5.41) is 0. The van der Waals surface area contributed by atoms with E-state index in [4.69, 9.17) is 4.98 Å². The first kappa shape index (κ1) is 14.8. The van der Waals surface area contributed by atoms with E-state index in [1.54, 1.807) is 11.3 Å². The zero-order valence-electron chi connectivity index (χ0n) is 13.5. The van der Waals surface area contributed by atoms with Crippen LogP contribution in [0.25, 0.3) is 21.7 Å². The quantitative estimate of drug-likeness (QED) is 0.503. The van der Waals surface area contributed by atoms with Gasteiger partial charge in [-0.2, -0.15) is 0 Å². The van der Waals surface area contributed by atoms with Gasteiger partial charge < -0.3 is 4.57 Å². The summed E-state index contributed by atoms with van der Waals surface area (Å²) in [4.78, 5) is 19.5. The monoisotopic (exact) mass is 332 g/mol. The molecule has 2 aromatic heterocycles. The summed E-state index contributed by atoms with van der Waals surface area (Å²) in [6, 6.07) is 19.4. The van der Waals surface area contributed by atoms with Crippen LogP contribution in [0, 0.1) is 6.92 Å². The molecule has 2 aromatic carbocycles. The Hall–Kier alpha value is -2.72. The Balaban J connectivity index is 1.81. The molecule has 0 radical (unpaired) electrons. The number of ketones is 1. The van der Waals surface area contributed by atoms with Crippen molar-refractivity contribution >= 4 is 28.2 Å². The number of carbonyl (C=O) groups is 1. The van der Waals surface area contributed by atoms with E-state index in [-0.39, 0.29) is 5.78 Å². The molecule has 0 atom stereocenters. The molecule has 118 valence electrons. The van der Waals surface area contributed by atoms with Crippen molar-refractivity contribution in [3.05, 3.63) is 76.7 Å². The average molecular weight is 332 g/mol. The molecule has 0 aliphatic carbocycles. The number of fused-ring (bicyclic) bond motifs is 1. The van der Waals surface area contributed by atoms with Crippen LogP contribution in [0.5, 0.6) is 0 Å². The molecule has 0 bridgehead atoms. The predicted molar refractivity (Wildman–Crippen MR) is 98.6 cm³/mol. The van der Waals surface area contributed by atoms with Gasteiger partial charge in [-0.3, -0.25) is 4.79 Å². The van der Waals surface area contributed by atoms with Gasteiger partial charge in [0, 0.05) is 23.1 Å². The maximum absolute atomic E-state index is 12.7. The molecule has 0 fully saturated rings. The standard InChI is InChI=1S/C20H16N2OS/c1-13-15(19(23)14-8-4-3-5-9-14)12-18(24-13)20-21-16-10-6-7-11-17(16)22(20)2/h3-12H,1-2H3. The van der Waals surface area contributed by atoms with Crippen LogP contribution in [0.3, 0.4) is 0 Å². The Bertz CT molecular complexity index is 1040. The maximum atomic E-state index is 12.7. The number of carbonyl (C=O) groups excluding carboxylic acids is 1. The van der Waals surface area contributed by atoms with Crippen molar-refractivity contribution in [3.63, 3.8) is 0 Å². The molecule has 0 unspecified atom stereocenters. The number of para-hydroxylation sites is 2. The van der Waals surface area contributed by atoms with E-state index in [1.807, 2.05) is 68.6 Å². The van der Waals surface area contributed by atoms with Crippen LogP contribution < -0.4 is 0 Å². The average Bonchev–Trinajstić information content (AvgIpc) is 3.16. The molecular formula is C20H16N2OS. The Labute approximate surface area is 144 Å². The molecule has 4 rings (SSSR count). The van der Waals surface area contributed by atoms with E-state index in [0.29, 0.717) is 0 Å². The number of aryl methyl sites for hydroxylation is 2. The van der Waals surface area contributed by atoms with Crippen molar-refractivity contribution in [1.82, 2.24) is 9.55 Å². The number of rotatable bonds is 3. The van der Waals surface area contributed by atoms with Gasteiger partial charge in [-0.05, 0) is 25.1 Å². The number of hydrogen-bond donors (Lipinski definition) is 0. The fourth-order valence-corrected chi connectivity index (χ4v) is 3.97. The van der Waals surface area contributed by atoms with Crippen LogP contribution in [0.4, 0.5) is 0 Å². The highest BCUT2D eigenvalue weighted by atomic mass is 32.1. The van der Waals surface area contributed by atoms with E-state index in [9.17, 15) is 4.79 Å². The normalized spacial score (nSPS) is 11.1. The van der Waals surface area contributed by atoms with Crippen molar-refractivity contribution in [2.24, 2.45) is 7.05 Å². The minimum Gasteiger partial charge on any atom is -0.326 e. The third kappa shape index (κ3) is 2.36. The van der Waals surface area contributed by atoms with Crippen molar-refractivity contribution in [2.45, 2.75) is 6.92 Å². The van der Waals surface area contributed by atoms with Gasteiger partial charge in [-0.25, -0.2) is 4.98 Å². The van der Waals surface area contributed by atoms with Crippen molar-refractivity contribution in [2.75, 3.05) is 0 Å². The topological polar surface area (TPSA) is 34.9 Å². The molecule has 0 aliphatic rings. The molecule has 2 heterocycles. The lowest BCUT2D eigenvalue weighted by molar-refractivity contribution is 0.103. The molecule has 4 aromatic rings. The Morgan fingerprint density at radius 1 is 1.04 bits per heavy atom. The van der Waals surface area contributed by atoms with Crippen LogP contribution in [-0.2, 0) is 7.05 Å². The highest BCUT2D eigenvalue weighted by molar-refractivity contribution is 7.15. The van der Waals surface area contributed by atoms with Gasteiger partial charge in [0.1, 0.15) is 0 Å². The third-order valence-corrected chi connectivity index (χ3v) is 5.25. The SMILES string of the molecule is Cc1sc(-c2nc3ccccc3n2C)cc1C(=O)c1ccccc1. The summed E-state index contributed by atoms with van der Waals surface area (Å²) in [5.74, 6) is 0.964. The number of nitrogens with zero attached hydrogens (tertiary/aromatic N) is 2. The van der Waals surface area contributed by atoms with E-state index >= 15 is 0 Å². The summed E-state index contributed by atoms with van der Waals surface area (Å²) in [6.07, 6.45) is 0. The molecule has 4 heteroatoms.